The Hall–Kier alpha value is -1.18. The normalized spacial score (nSPS) is 25.3. The molecule has 3 aliphatic rings. The lowest BCUT2D eigenvalue weighted by Crippen LogP contribution is -2.27. The molecule has 2 heteroatoms. The average molecular weight is 260 g/mol. The fourth-order valence-electron chi connectivity index (χ4n) is 3.34. The molecule has 1 aliphatic carbocycles. The third-order valence-corrected chi connectivity index (χ3v) is 4.44. The molecule has 0 atom stereocenters. The van der Waals surface area contributed by atoms with E-state index in [1.807, 2.05) is 20.9 Å². The van der Waals surface area contributed by atoms with Crippen LogP contribution in [0.15, 0.2) is 24.3 Å². The molecule has 1 aromatic carbocycles. The van der Waals surface area contributed by atoms with Crippen molar-refractivity contribution in [2.75, 3.05) is 30.4 Å². The van der Waals surface area contributed by atoms with Crippen molar-refractivity contribution in [2.24, 2.45) is 11.8 Å². The number of nitrogens with one attached hydrogen (secondary N) is 1. The Labute approximate surface area is 118 Å². The molecule has 106 valence electrons. The molecule has 1 N–H and O–H groups in total. The van der Waals surface area contributed by atoms with Crippen LogP contribution in [0.25, 0.3) is 0 Å². The molecule has 2 bridgehead atoms. The second-order valence-corrected chi connectivity index (χ2v) is 5.59. The molecule has 19 heavy (non-hydrogen) atoms. The standard InChI is InChI=1S/C15H22N2.C2H6/c1-16-14-6-8-15(9-7-14)17-10-12-2-3-13(11-17)5-4-12;1-2/h6-9,12-13,16H,2-5,10-11H2,1H3;1-2H3. The summed E-state index contributed by atoms with van der Waals surface area (Å²) < 4.78 is 0. The van der Waals surface area contributed by atoms with Crippen LogP contribution >= 0.6 is 0 Å². The molecule has 1 saturated carbocycles. The summed E-state index contributed by atoms with van der Waals surface area (Å²) in [5.41, 5.74) is 2.61. The van der Waals surface area contributed by atoms with Crippen LogP contribution in [-0.2, 0) is 0 Å². The van der Waals surface area contributed by atoms with Crippen molar-refractivity contribution in [1.82, 2.24) is 0 Å². The van der Waals surface area contributed by atoms with Crippen molar-refractivity contribution in [1.29, 1.82) is 0 Å². The second kappa shape index (κ2) is 6.83. The Morgan fingerprint density at radius 3 is 1.79 bits per heavy atom. The summed E-state index contributed by atoms with van der Waals surface area (Å²) in [5.74, 6) is 1.88. The highest BCUT2D eigenvalue weighted by Crippen LogP contribution is 2.35. The van der Waals surface area contributed by atoms with Gasteiger partial charge in [0.25, 0.3) is 0 Å². The van der Waals surface area contributed by atoms with Gasteiger partial charge in [-0.1, -0.05) is 13.8 Å². The van der Waals surface area contributed by atoms with Gasteiger partial charge < -0.3 is 10.2 Å². The maximum absolute atomic E-state index is 3.18. The maximum atomic E-state index is 3.18. The number of benzene rings is 1. The third kappa shape index (κ3) is 3.43. The van der Waals surface area contributed by atoms with Gasteiger partial charge in [0.1, 0.15) is 0 Å². The second-order valence-electron chi connectivity index (χ2n) is 5.59. The highest BCUT2D eigenvalue weighted by atomic mass is 15.1. The van der Waals surface area contributed by atoms with Gasteiger partial charge in [-0.15, -0.1) is 0 Å². The lowest BCUT2D eigenvalue weighted by Gasteiger charge is -2.25. The smallest absolute Gasteiger partial charge is 0.0367 e. The predicted octanol–water partition coefficient (Wildman–Crippen LogP) is 4.38. The lowest BCUT2D eigenvalue weighted by molar-refractivity contribution is 0.326. The number of hydrogen-bond acceptors (Lipinski definition) is 2. The molecule has 1 aromatic rings. The van der Waals surface area contributed by atoms with Crippen molar-refractivity contribution in [2.45, 2.75) is 39.5 Å². The Bertz CT molecular complexity index is 349. The Kier molecular flexibility index (Phi) is 5.12. The average Bonchev–Trinajstić information content (AvgIpc) is 2.83. The minimum absolute atomic E-state index is 0.942. The Morgan fingerprint density at radius 1 is 0.895 bits per heavy atom. The number of nitrogens with zero attached hydrogens (tertiary/aromatic N) is 1. The summed E-state index contributed by atoms with van der Waals surface area (Å²) >= 11 is 0. The third-order valence-electron chi connectivity index (χ3n) is 4.44. The Balaban J connectivity index is 0.000000637. The van der Waals surface area contributed by atoms with Crippen molar-refractivity contribution in [3.63, 3.8) is 0 Å². The molecular weight excluding hydrogens is 232 g/mol. The van der Waals surface area contributed by atoms with Crippen LogP contribution in [0.4, 0.5) is 11.4 Å². The van der Waals surface area contributed by atoms with Gasteiger partial charge in [-0.05, 0) is 61.8 Å². The largest absolute Gasteiger partial charge is 0.388 e. The van der Waals surface area contributed by atoms with Crippen LogP contribution in [0.3, 0.4) is 0 Å². The zero-order valence-corrected chi connectivity index (χ0v) is 12.7. The van der Waals surface area contributed by atoms with E-state index in [0.29, 0.717) is 0 Å². The molecule has 2 aliphatic heterocycles. The van der Waals surface area contributed by atoms with Crippen molar-refractivity contribution in [3.8, 4) is 0 Å². The van der Waals surface area contributed by atoms with E-state index in [0.717, 1.165) is 11.8 Å². The van der Waals surface area contributed by atoms with Crippen LogP contribution in [0.2, 0.25) is 0 Å². The Morgan fingerprint density at radius 2 is 1.37 bits per heavy atom. The summed E-state index contributed by atoms with van der Waals surface area (Å²) in [5, 5.41) is 3.18. The molecule has 0 aromatic heterocycles. The number of hydrogen-bond donors (Lipinski definition) is 1. The number of fused-ring (bicyclic) bond motifs is 4. The van der Waals surface area contributed by atoms with Gasteiger partial charge >= 0.3 is 0 Å². The zero-order valence-electron chi connectivity index (χ0n) is 12.7. The SMILES string of the molecule is CC.CNc1ccc(N2CC3CCC(CC3)C2)cc1. The monoisotopic (exact) mass is 260 g/mol. The van der Waals surface area contributed by atoms with Gasteiger partial charge in [-0.2, -0.15) is 0 Å². The zero-order chi connectivity index (χ0) is 13.7. The highest BCUT2D eigenvalue weighted by Gasteiger charge is 2.29. The molecule has 0 amide bonds. The van der Waals surface area contributed by atoms with Gasteiger partial charge in [0.2, 0.25) is 0 Å². The van der Waals surface area contributed by atoms with Gasteiger partial charge in [0, 0.05) is 31.5 Å². The maximum Gasteiger partial charge on any atom is 0.0367 e. The molecule has 0 spiro atoms. The van der Waals surface area contributed by atoms with E-state index in [2.05, 4.69) is 34.5 Å². The first-order valence-corrected chi connectivity index (χ1v) is 7.88. The first-order valence-electron chi connectivity index (χ1n) is 7.88. The molecule has 4 rings (SSSR count). The molecule has 2 nitrogen and oxygen atoms in total. The van der Waals surface area contributed by atoms with Gasteiger partial charge in [-0.25, -0.2) is 0 Å². The van der Waals surface area contributed by atoms with E-state index >= 15 is 0 Å². The van der Waals surface area contributed by atoms with E-state index in [4.69, 9.17) is 0 Å². The van der Waals surface area contributed by atoms with E-state index in [1.54, 1.807) is 0 Å². The minimum Gasteiger partial charge on any atom is -0.388 e. The van der Waals surface area contributed by atoms with Crippen molar-refractivity contribution < 1.29 is 0 Å². The molecule has 0 unspecified atom stereocenters. The number of anilines is 2. The van der Waals surface area contributed by atoms with Crippen molar-refractivity contribution >= 4 is 11.4 Å². The molecular formula is C17H28N2. The van der Waals surface area contributed by atoms with Crippen LogP contribution in [0.5, 0.6) is 0 Å². The highest BCUT2D eigenvalue weighted by molar-refractivity contribution is 5.55. The molecule has 0 radical (unpaired) electrons. The summed E-state index contributed by atoms with van der Waals surface area (Å²) in [6, 6.07) is 8.89. The van der Waals surface area contributed by atoms with Gasteiger partial charge in [-0.3, -0.25) is 0 Å². The topological polar surface area (TPSA) is 15.3 Å². The van der Waals surface area contributed by atoms with E-state index in [9.17, 15) is 0 Å². The summed E-state index contributed by atoms with van der Waals surface area (Å²) in [6.07, 6.45) is 5.82. The molecule has 2 saturated heterocycles. The van der Waals surface area contributed by atoms with Gasteiger partial charge in [0.05, 0.1) is 0 Å². The van der Waals surface area contributed by atoms with Crippen molar-refractivity contribution in [3.05, 3.63) is 24.3 Å². The van der Waals surface area contributed by atoms with E-state index < -0.39 is 0 Å². The predicted molar refractivity (Wildman–Crippen MR) is 85.0 cm³/mol. The quantitative estimate of drug-likeness (QED) is 0.849. The fraction of sp³-hybridized carbons (Fsp3) is 0.647. The summed E-state index contributed by atoms with van der Waals surface area (Å²) in [6.45, 7) is 6.55. The van der Waals surface area contributed by atoms with Crippen LogP contribution < -0.4 is 10.2 Å². The minimum atomic E-state index is 0.942. The van der Waals surface area contributed by atoms with Gasteiger partial charge in [0.15, 0.2) is 0 Å². The first kappa shape index (κ1) is 14.2. The number of rotatable bonds is 2. The lowest BCUT2D eigenvalue weighted by atomic mass is 9.84. The summed E-state index contributed by atoms with van der Waals surface area (Å²) in [7, 11) is 1.97. The van der Waals surface area contributed by atoms with Crippen LogP contribution in [0, 0.1) is 11.8 Å². The molecule has 2 heterocycles. The molecule has 3 fully saturated rings. The van der Waals surface area contributed by atoms with Crippen LogP contribution in [0.1, 0.15) is 39.5 Å². The first-order chi connectivity index (χ1) is 9.35. The van der Waals surface area contributed by atoms with E-state index in [1.165, 1.54) is 50.1 Å². The fourth-order valence-corrected chi connectivity index (χ4v) is 3.34. The van der Waals surface area contributed by atoms with Crippen LogP contribution in [-0.4, -0.2) is 20.1 Å². The summed E-state index contributed by atoms with van der Waals surface area (Å²) in [4.78, 5) is 2.61. The van der Waals surface area contributed by atoms with E-state index in [-0.39, 0.29) is 0 Å².